The topological polar surface area (TPSA) is 108 Å². The lowest BCUT2D eigenvalue weighted by molar-refractivity contribution is -0.384. The summed E-state index contributed by atoms with van der Waals surface area (Å²) >= 11 is 0. The van der Waals surface area contributed by atoms with E-state index in [4.69, 9.17) is 10.6 Å². The van der Waals surface area contributed by atoms with Gasteiger partial charge in [-0.3, -0.25) is 10.1 Å². The predicted octanol–water partition coefficient (Wildman–Crippen LogP) is 2.07. The SMILES string of the molecule is N/C(=N\OC(=O)c1ccccc1)c1ccc([N+](=O)[O-])cc1. The number of amidine groups is 1. The Morgan fingerprint density at radius 1 is 1.05 bits per heavy atom. The van der Waals surface area contributed by atoms with Gasteiger partial charge in [0, 0.05) is 17.7 Å². The number of nitrogens with zero attached hydrogens (tertiary/aromatic N) is 2. The van der Waals surface area contributed by atoms with Crippen LogP contribution in [0.25, 0.3) is 0 Å². The predicted molar refractivity (Wildman–Crippen MR) is 75.7 cm³/mol. The van der Waals surface area contributed by atoms with E-state index in [9.17, 15) is 14.9 Å². The third-order valence-corrected chi connectivity index (χ3v) is 2.61. The van der Waals surface area contributed by atoms with Gasteiger partial charge in [-0.05, 0) is 24.3 Å². The number of hydrogen-bond acceptors (Lipinski definition) is 5. The summed E-state index contributed by atoms with van der Waals surface area (Å²) in [5, 5.41) is 14.0. The van der Waals surface area contributed by atoms with Crippen molar-refractivity contribution in [3.63, 3.8) is 0 Å². The first kappa shape index (κ1) is 14.2. The molecular weight excluding hydrogens is 274 g/mol. The summed E-state index contributed by atoms with van der Waals surface area (Å²) in [6.45, 7) is 0. The number of nitro groups is 1. The van der Waals surface area contributed by atoms with Gasteiger partial charge in [-0.15, -0.1) is 0 Å². The zero-order chi connectivity index (χ0) is 15.2. The average molecular weight is 285 g/mol. The Labute approximate surface area is 119 Å². The van der Waals surface area contributed by atoms with E-state index in [1.165, 1.54) is 24.3 Å². The van der Waals surface area contributed by atoms with Gasteiger partial charge in [0.25, 0.3) is 5.69 Å². The number of nitro benzene ring substituents is 1. The molecule has 2 aromatic carbocycles. The molecule has 0 aliphatic heterocycles. The molecule has 2 aromatic rings. The van der Waals surface area contributed by atoms with Crippen molar-refractivity contribution in [3.8, 4) is 0 Å². The Balaban J connectivity index is 2.07. The third-order valence-electron chi connectivity index (χ3n) is 2.61. The highest BCUT2D eigenvalue weighted by molar-refractivity contribution is 5.98. The van der Waals surface area contributed by atoms with Gasteiger partial charge in [-0.2, -0.15) is 0 Å². The molecule has 7 nitrogen and oxygen atoms in total. The fourth-order valence-electron chi connectivity index (χ4n) is 1.52. The normalized spacial score (nSPS) is 11.0. The quantitative estimate of drug-likeness (QED) is 0.304. The molecule has 0 fully saturated rings. The van der Waals surface area contributed by atoms with Gasteiger partial charge in [-0.1, -0.05) is 23.4 Å². The van der Waals surface area contributed by atoms with Crippen LogP contribution in [0.4, 0.5) is 5.69 Å². The number of benzene rings is 2. The van der Waals surface area contributed by atoms with Gasteiger partial charge in [0.2, 0.25) is 0 Å². The van der Waals surface area contributed by atoms with Crippen molar-refractivity contribution in [2.75, 3.05) is 0 Å². The summed E-state index contributed by atoms with van der Waals surface area (Å²) in [4.78, 5) is 26.4. The molecule has 2 N–H and O–H groups in total. The van der Waals surface area contributed by atoms with Gasteiger partial charge in [0.1, 0.15) is 0 Å². The van der Waals surface area contributed by atoms with E-state index < -0.39 is 10.9 Å². The molecule has 2 rings (SSSR count). The summed E-state index contributed by atoms with van der Waals surface area (Å²) in [6.07, 6.45) is 0. The van der Waals surface area contributed by atoms with Crippen LogP contribution in [-0.4, -0.2) is 16.7 Å². The lowest BCUT2D eigenvalue weighted by Gasteiger charge is -2.01. The molecule has 7 heteroatoms. The monoisotopic (exact) mass is 285 g/mol. The maximum atomic E-state index is 11.6. The first-order valence-electron chi connectivity index (χ1n) is 5.92. The van der Waals surface area contributed by atoms with Crippen LogP contribution < -0.4 is 5.73 Å². The average Bonchev–Trinajstić information content (AvgIpc) is 2.53. The van der Waals surface area contributed by atoms with E-state index >= 15 is 0 Å². The Kier molecular flexibility index (Phi) is 4.25. The molecule has 0 heterocycles. The molecule has 0 radical (unpaired) electrons. The molecule has 0 amide bonds. The minimum atomic E-state index is -0.638. The summed E-state index contributed by atoms with van der Waals surface area (Å²) < 4.78 is 0. The van der Waals surface area contributed by atoms with Crippen molar-refractivity contribution in [1.29, 1.82) is 0 Å². The summed E-state index contributed by atoms with van der Waals surface area (Å²) in [7, 11) is 0. The van der Waals surface area contributed by atoms with Crippen LogP contribution in [0.3, 0.4) is 0 Å². The standard InChI is InChI=1S/C14H11N3O4/c15-13(10-6-8-12(9-7-10)17(19)20)16-21-14(18)11-4-2-1-3-5-11/h1-9H,(H2,15,16). The fourth-order valence-corrected chi connectivity index (χ4v) is 1.52. The second-order valence-electron chi connectivity index (χ2n) is 4.03. The number of hydrogen-bond donors (Lipinski definition) is 1. The highest BCUT2D eigenvalue weighted by Crippen LogP contribution is 2.12. The Hall–Kier alpha value is -3.22. The Morgan fingerprint density at radius 3 is 2.24 bits per heavy atom. The zero-order valence-corrected chi connectivity index (χ0v) is 10.8. The first-order chi connectivity index (χ1) is 10.1. The number of carbonyl (C=O) groups is 1. The second kappa shape index (κ2) is 6.29. The Morgan fingerprint density at radius 2 is 1.67 bits per heavy atom. The molecule has 0 aliphatic carbocycles. The minimum Gasteiger partial charge on any atom is -0.380 e. The van der Waals surface area contributed by atoms with Crippen molar-refractivity contribution in [3.05, 3.63) is 75.8 Å². The maximum absolute atomic E-state index is 11.6. The lowest BCUT2D eigenvalue weighted by atomic mass is 10.2. The van der Waals surface area contributed by atoms with Gasteiger partial charge >= 0.3 is 5.97 Å². The summed E-state index contributed by atoms with van der Waals surface area (Å²) in [6, 6.07) is 13.7. The van der Waals surface area contributed by atoms with Crippen LogP contribution in [0.5, 0.6) is 0 Å². The number of non-ortho nitro benzene ring substituents is 1. The van der Waals surface area contributed by atoms with Crippen molar-refractivity contribution < 1.29 is 14.6 Å². The van der Waals surface area contributed by atoms with Crippen LogP contribution in [-0.2, 0) is 4.84 Å². The number of carbonyl (C=O) groups excluding carboxylic acids is 1. The molecule has 0 bridgehead atoms. The van der Waals surface area contributed by atoms with E-state index in [1.807, 2.05) is 0 Å². The van der Waals surface area contributed by atoms with E-state index in [2.05, 4.69) is 5.16 Å². The highest BCUT2D eigenvalue weighted by atomic mass is 16.7. The van der Waals surface area contributed by atoms with Crippen LogP contribution in [0, 0.1) is 10.1 Å². The number of nitrogens with two attached hydrogens (primary N) is 1. The molecule has 0 saturated carbocycles. The third kappa shape index (κ3) is 3.63. The van der Waals surface area contributed by atoms with Crippen molar-refractivity contribution in [1.82, 2.24) is 0 Å². The minimum absolute atomic E-state index is 0.0471. The number of oxime groups is 1. The van der Waals surface area contributed by atoms with E-state index in [-0.39, 0.29) is 11.5 Å². The summed E-state index contributed by atoms with van der Waals surface area (Å²) in [5.41, 5.74) is 6.35. The van der Waals surface area contributed by atoms with Crippen molar-refractivity contribution in [2.45, 2.75) is 0 Å². The molecule has 0 unspecified atom stereocenters. The van der Waals surface area contributed by atoms with Gasteiger partial charge in [0.15, 0.2) is 5.84 Å². The van der Waals surface area contributed by atoms with E-state index in [1.54, 1.807) is 30.3 Å². The van der Waals surface area contributed by atoms with Crippen LogP contribution in [0.1, 0.15) is 15.9 Å². The lowest BCUT2D eigenvalue weighted by Crippen LogP contribution is -2.15. The largest absolute Gasteiger partial charge is 0.380 e. The van der Waals surface area contributed by atoms with Crippen molar-refractivity contribution >= 4 is 17.5 Å². The Bertz CT molecular complexity index is 681. The molecule has 106 valence electrons. The molecule has 21 heavy (non-hydrogen) atoms. The summed E-state index contributed by atoms with van der Waals surface area (Å²) in [5.74, 6) is -0.686. The molecular formula is C14H11N3O4. The van der Waals surface area contributed by atoms with Crippen molar-refractivity contribution in [2.24, 2.45) is 10.9 Å². The van der Waals surface area contributed by atoms with Gasteiger partial charge in [0.05, 0.1) is 10.5 Å². The number of rotatable bonds is 4. The molecule has 0 spiro atoms. The van der Waals surface area contributed by atoms with E-state index in [0.717, 1.165) is 0 Å². The van der Waals surface area contributed by atoms with Gasteiger partial charge in [-0.25, -0.2) is 4.79 Å². The van der Waals surface area contributed by atoms with Crippen LogP contribution >= 0.6 is 0 Å². The van der Waals surface area contributed by atoms with Crippen LogP contribution in [0.2, 0.25) is 0 Å². The first-order valence-corrected chi connectivity index (χ1v) is 5.92. The molecule has 0 atom stereocenters. The molecule has 0 saturated heterocycles. The highest BCUT2D eigenvalue weighted by Gasteiger charge is 2.08. The molecule has 0 aromatic heterocycles. The van der Waals surface area contributed by atoms with E-state index in [0.29, 0.717) is 11.1 Å². The fraction of sp³-hybridized carbons (Fsp3) is 0. The maximum Gasteiger partial charge on any atom is 0.365 e. The zero-order valence-electron chi connectivity index (χ0n) is 10.8. The molecule has 0 aliphatic rings. The van der Waals surface area contributed by atoms with Gasteiger partial charge < -0.3 is 10.6 Å². The van der Waals surface area contributed by atoms with Crippen LogP contribution in [0.15, 0.2) is 59.8 Å². The smallest absolute Gasteiger partial charge is 0.365 e. The second-order valence-corrected chi connectivity index (χ2v) is 4.03.